The lowest BCUT2D eigenvalue weighted by atomic mass is 9.91. The molecule has 0 unspecified atom stereocenters. The molecule has 0 bridgehead atoms. The van der Waals surface area contributed by atoms with Gasteiger partial charge in [0.25, 0.3) is 0 Å². The summed E-state index contributed by atoms with van der Waals surface area (Å²) in [6.45, 7) is 13.1. The minimum Gasteiger partial charge on any atom is -0.198 e. The van der Waals surface area contributed by atoms with E-state index in [1.165, 1.54) is 49.7 Å². The van der Waals surface area contributed by atoms with Crippen molar-refractivity contribution in [3.63, 3.8) is 0 Å². The van der Waals surface area contributed by atoms with Crippen molar-refractivity contribution < 1.29 is 5.94 Å². The van der Waals surface area contributed by atoms with Crippen molar-refractivity contribution in [1.82, 2.24) is 0 Å². The number of nitrogens with zero attached hydrogens (tertiary/aromatic N) is 1. The van der Waals surface area contributed by atoms with Gasteiger partial charge >= 0.3 is 0 Å². The first-order valence-corrected chi connectivity index (χ1v) is 10.1. The Morgan fingerprint density at radius 1 is 0.893 bits per heavy atom. The van der Waals surface area contributed by atoms with Gasteiger partial charge in [0, 0.05) is 13.0 Å². The Morgan fingerprint density at radius 3 is 2.32 bits per heavy atom. The van der Waals surface area contributed by atoms with E-state index in [0.717, 1.165) is 11.1 Å². The van der Waals surface area contributed by atoms with Crippen molar-refractivity contribution in [2.75, 3.05) is 0 Å². The molecule has 0 aliphatic rings. The van der Waals surface area contributed by atoms with Crippen molar-refractivity contribution in [2.24, 2.45) is 7.05 Å². The molecular weight excluding hydrogens is 338 g/mol. The van der Waals surface area contributed by atoms with Crippen molar-refractivity contribution in [1.29, 1.82) is 0 Å². The zero-order valence-electron chi connectivity index (χ0n) is 19.1. The van der Waals surface area contributed by atoms with Crippen LogP contribution in [0.3, 0.4) is 0 Å². The number of benzene rings is 3. The number of aromatic nitrogens is 1. The average Bonchev–Trinajstić information content (AvgIpc) is 2.69. The fraction of sp³-hybridized carbons (Fsp3) is 0.296. The molecule has 0 N–H and O–H groups in total. The van der Waals surface area contributed by atoms with Crippen LogP contribution in [0.5, 0.6) is 0 Å². The van der Waals surface area contributed by atoms with Crippen LogP contribution in [0.15, 0.2) is 48.5 Å². The third kappa shape index (κ3) is 2.90. The summed E-state index contributed by atoms with van der Waals surface area (Å²) in [5.41, 5.74) is 8.70. The van der Waals surface area contributed by atoms with Gasteiger partial charge in [0.2, 0.25) is 5.69 Å². The normalized spacial score (nSPS) is 12.2. The molecule has 0 spiro atoms. The second-order valence-electron chi connectivity index (χ2n) is 8.50. The summed E-state index contributed by atoms with van der Waals surface area (Å²) in [6.07, 6.45) is 0. The second-order valence-corrected chi connectivity index (χ2v) is 8.50. The third-order valence-electron chi connectivity index (χ3n) is 6.17. The topological polar surface area (TPSA) is 3.88 Å². The van der Waals surface area contributed by atoms with Gasteiger partial charge in [-0.25, -0.2) is 0 Å². The predicted octanol–water partition coefficient (Wildman–Crippen LogP) is 6.84. The fourth-order valence-corrected chi connectivity index (χ4v) is 4.28. The first-order valence-electron chi connectivity index (χ1n) is 10.6. The van der Waals surface area contributed by atoms with Gasteiger partial charge < -0.3 is 0 Å². The molecule has 0 aliphatic heterocycles. The highest BCUT2D eigenvalue weighted by molar-refractivity contribution is 6.13. The van der Waals surface area contributed by atoms with E-state index in [2.05, 4.69) is 95.6 Å². The lowest BCUT2D eigenvalue weighted by molar-refractivity contribution is -0.665. The summed E-state index contributed by atoms with van der Waals surface area (Å²) in [4.78, 5) is 0. The Kier molecular flexibility index (Phi) is 4.19. The maximum Gasteiger partial charge on any atom is 0.221 e. The van der Waals surface area contributed by atoms with Crippen molar-refractivity contribution in [3.8, 4) is 11.3 Å². The van der Waals surface area contributed by atoms with Gasteiger partial charge in [-0.15, -0.1) is 0 Å². The molecular formula is C27H30N+. The van der Waals surface area contributed by atoms with Crippen LogP contribution in [-0.2, 0) is 7.05 Å². The van der Waals surface area contributed by atoms with Gasteiger partial charge in [-0.05, 0) is 65.6 Å². The molecule has 0 fully saturated rings. The number of rotatable bonds is 2. The summed E-state index contributed by atoms with van der Waals surface area (Å²) < 4.78 is 11.0. The molecule has 28 heavy (non-hydrogen) atoms. The summed E-state index contributed by atoms with van der Waals surface area (Å²) in [5, 5.41) is 4.68. The lowest BCUT2D eigenvalue weighted by Gasteiger charge is -2.15. The van der Waals surface area contributed by atoms with Crippen LogP contribution in [0.2, 0.25) is 0 Å². The predicted molar refractivity (Wildman–Crippen MR) is 121 cm³/mol. The minimum absolute atomic E-state index is 0.497. The van der Waals surface area contributed by atoms with Crippen LogP contribution in [0.4, 0.5) is 0 Å². The first-order chi connectivity index (χ1) is 13.7. The molecule has 0 radical (unpaired) electrons. The van der Waals surface area contributed by atoms with Crippen LogP contribution in [0.25, 0.3) is 32.8 Å². The van der Waals surface area contributed by atoms with E-state index in [4.69, 9.17) is 1.37 Å². The number of aryl methyl sites for hydroxylation is 2. The molecule has 1 nitrogen and oxygen atoms in total. The molecule has 0 saturated carbocycles. The Labute approximate surface area is 170 Å². The highest BCUT2D eigenvalue weighted by atomic mass is 14.9. The Morgan fingerprint density at radius 2 is 1.61 bits per heavy atom. The summed E-state index contributed by atoms with van der Waals surface area (Å²) in [7, 11) is 2.10. The smallest absolute Gasteiger partial charge is 0.198 e. The van der Waals surface area contributed by atoms with E-state index in [0.29, 0.717) is 12.0 Å². The molecule has 1 heteroatoms. The molecule has 4 aromatic rings. The lowest BCUT2D eigenvalue weighted by Crippen LogP contribution is -2.35. The molecule has 4 rings (SSSR count). The zero-order chi connectivity index (χ0) is 21.0. The van der Waals surface area contributed by atoms with E-state index in [-0.39, 0.29) is 0 Å². The minimum atomic E-state index is 0.497. The number of pyridine rings is 1. The van der Waals surface area contributed by atoms with Crippen LogP contribution in [0.1, 0.15) is 49.1 Å². The van der Waals surface area contributed by atoms with Crippen LogP contribution in [0, 0.1) is 27.7 Å². The van der Waals surface area contributed by atoms with E-state index >= 15 is 0 Å². The van der Waals surface area contributed by atoms with E-state index < -0.39 is 0 Å². The highest BCUT2D eigenvalue weighted by Crippen LogP contribution is 2.36. The monoisotopic (exact) mass is 369 g/mol. The first kappa shape index (κ1) is 17.4. The molecule has 1 heterocycles. The molecule has 0 aliphatic carbocycles. The van der Waals surface area contributed by atoms with Crippen molar-refractivity contribution in [2.45, 2.75) is 47.5 Å². The van der Waals surface area contributed by atoms with Crippen molar-refractivity contribution >= 4 is 21.5 Å². The average molecular weight is 370 g/mol. The Balaban J connectivity index is 2.24. The van der Waals surface area contributed by atoms with E-state index in [1.807, 2.05) is 0 Å². The third-order valence-corrected chi connectivity index (χ3v) is 6.17. The Hall–Kier alpha value is -2.67. The summed E-state index contributed by atoms with van der Waals surface area (Å²) in [6, 6.07) is 16.3. The number of fused-ring (bicyclic) bond motifs is 3. The maximum absolute atomic E-state index is 8.79. The van der Waals surface area contributed by atoms with Crippen LogP contribution >= 0.6 is 0 Å². The largest absolute Gasteiger partial charge is 0.221 e. The zero-order valence-corrected chi connectivity index (χ0v) is 18.1. The van der Waals surface area contributed by atoms with E-state index in [1.54, 1.807) is 0 Å². The Bertz CT molecular complexity index is 1280. The second kappa shape index (κ2) is 6.74. The fourth-order valence-electron chi connectivity index (χ4n) is 4.28. The molecule has 0 atom stereocenters. The standard InChI is InChI=1S/C27H30N/c1-16(2)21-10-11-24-22(15-21)8-9-23-14-19(5)28(7)27(26(23)24)25-13-17(3)12-18(4)20(25)6/h8-16H,1-7H3/q+1/i14D. The SMILES string of the molecule is [2H]c1c(C)[n+](C)c(-c2cc(C)cc(C)c2C)c2c1ccc1cc(C(C)C)ccc12. The van der Waals surface area contributed by atoms with Crippen LogP contribution < -0.4 is 4.57 Å². The maximum atomic E-state index is 8.79. The van der Waals surface area contributed by atoms with Crippen molar-refractivity contribution in [3.05, 3.63) is 76.5 Å². The molecule has 3 aromatic carbocycles. The number of hydrogen-bond donors (Lipinski definition) is 0. The molecule has 142 valence electrons. The van der Waals surface area contributed by atoms with Gasteiger partial charge in [0.15, 0.2) is 5.69 Å². The quantitative estimate of drug-likeness (QED) is 0.269. The van der Waals surface area contributed by atoms with Gasteiger partial charge in [0.05, 0.1) is 12.3 Å². The highest BCUT2D eigenvalue weighted by Gasteiger charge is 2.22. The van der Waals surface area contributed by atoms with E-state index in [9.17, 15) is 0 Å². The summed E-state index contributed by atoms with van der Waals surface area (Å²) >= 11 is 0. The molecule has 1 aromatic heterocycles. The molecule has 0 saturated heterocycles. The van der Waals surface area contributed by atoms with Gasteiger partial charge in [-0.3, -0.25) is 0 Å². The molecule has 0 amide bonds. The van der Waals surface area contributed by atoms with Gasteiger partial charge in [-0.1, -0.05) is 55.8 Å². The summed E-state index contributed by atoms with van der Waals surface area (Å²) in [5.74, 6) is 0.497. The van der Waals surface area contributed by atoms with Gasteiger partial charge in [-0.2, -0.15) is 4.57 Å². The van der Waals surface area contributed by atoms with Crippen LogP contribution in [-0.4, -0.2) is 0 Å². The van der Waals surface area contributed by atoms with Gasteiger partial charge in [0.1, 0.15) is 7.05 Å². The number of hydrogen-bond acceptors (Lipinski definition) is 0.